The predicted molar refractivity (Wildman–Crippen MR) is 79.4 cm³/mol. The van der Waals surface area contributed by atoms with Crippen LogP contribution in [-0.2, 0) is 6.54 Å². The Morgan fingerprint density at radius 2 is 1.95 bits per heavy atom. The summed E-state index contributed by atoms with van der Waals surface area (Å²) in [6, 6.07) is 7.08. The predicted octanol–water partition coefficient (Wildman–Crippen LogP) is 1.35. The number of hydrogen-bond donors (Lipinski definition) is 1. The minimum atomic E-state index is -0.661. The SMILES string of the molecule is CCn1nc(-c2ccc(OC)cc2)c(C(N)=O)c(C)c1=O. The molecule has 0 saturated carbocycles. The lowest BCUT2D eigenvalue weighted by Crippen LogP contribution is -2.30. The molecule has 2 aromatic rings. The lowest BCUT2D eigenvalue weighted by atomic mass is 10.0. The molecule has 0 unspecified atom stereocenters. The number of amides is 1. The van der Waals surface area contributed by atoms with Gasteiger partial charge in [0.15, 0.2) is 0 Å². The van der Waals surface area contributed by atoms with E-state index < -0.39 is 5.91 Å². The molecule has 1 amide bonds. The summed E-state index contributed by atoms with van der Waals surface area (Å²) in [4.78, 5) is 23.8. The Balaban J connectivity index is 2.73. The summed E-state index contributed by atoms with van der Waals surface area (Å²) in [5, 5.41) is 4.26. The van der Waals surface area contributed by atoms with Gasteiger partial charge in [0.25, 0.3) is 11.5 Å². The Labute approximate surface area is 122 Å². The highest BCUT2D eigenvalue weighted by Gasteiger charge is 2.19. The second kappa shape index (κ2) is 5.78. The van der Waals surface area contributed by atoms with E-state index in [0.29, 0.717) is 29.1 Å². The van der Waals surface area contributed by atoms with Crippen LogP contribution in [0.5, 0.6) is 5.75 Å². The number of hydrogen-bond acceptors (Lipinski definition) is 4. The van der Waals surface area contributed by atoms with Gasteiger partial charge in [-0.15, -0.1) is 0 Å². The molecule has 1 heterocycles. The third-order valence-electron chi connectivity index (χ3n) is 3.30. The topological polar surface area (TPSA) is 87.2 Å². The van der Waals surface area contributed by atoms with Crippen LogP contribution in [0.2, 0.25) is 0 Å². The van der Waals surface area contributed by atoms with Crippen molar-refractivity contribution in [2.45, 2.75) is 20.4 Å². The Hall–Kier alpha value is -2.63. The Morgan fingerprint density at radius 1 is 1.33 bits per heavy atom. The zero-order chi connectivity index (χ0) is 15.6. The summed E-state index contributed by atoms with van der Waals surface area (Å²) in [6.07, 6.45) is 0. The summed E-state index contributed by atoms with van der Waals surface area (Å²) in [5.74, 6) is 0.0334. The van der Waals surface area contributed by atoms with E-state index >= 15 is 0 Å². The van der Waals surface area contributed by atoms with E-state index in [2.05, 4.69) is 5.10 Å². The number of ether oxygens (including phenoxy) is 1. The molecule has 0 bridgehead atoms. The van der Waals surface area contributed by atoms with Gasteiger partial charge in [-0.2, -0.15) is 5.10 Å². The Kier molecular flexibility index (Phi) is 4.07. The van der Waals surface area contributed by atoms with E-state index in [1.165, 1.54) is 4.68 Å². The van der Waals surface area contributed by atoms with E-state index in [1.807, 2.05) is 6.92 Å². The minimum Gasteiger partial charge on any atom is -0.497 e. The number of carbonyl (C=O) groups excluding carboxylic acids is 1. The quantitative estimate of drug-likeness (QED) is 0.919. The summed E-state index contributed by atoms with van der Waals surface area (Å²) in [5.41, 5.74) is 6.70. The van der Waals surface area contributed by atoms with Crippen LogP contribution in [0.15, 0.2) is 29.1 Å². The number of nitrogens with zero attached hydrogens (tertiary/aromatic N) is 2. The van der Waals surface area contributed by atoms with Crippen LogP contribution in [0, 0.1) is 6.92 Å². The van der Waals surface area contributed by atoms with Crippen LogP contribution in [0.1, 0.15) is 22.8 Å². The van der Waals surface area contributed by atoms with Gasteiger partial charge in [0.05, 0.1) is 12.7 Å². The number of aryl methyl sites for hydroxylation is 1. The van der Waals surface area contributed by atoms with Crippen molar-refractivity contribution in [3.8, 4) is 17.0 Å². The average Bonchev–Trinajstić information content (AvgIpc) is 2.49. The smallest absolute Gasteiger partial charge is 0.270 e. The number of nitrogens with two attached hydrogens (primary N) is 1. The highest BCUT2D eigenvalue weighted by molar-refractivity contribution is 6.00. The summed E-state index contributed by atoms with van der Waals surface area (Å²) in [6.45, 7) is 3.82. The first-order valence-corrected chi connectivity index (χ1v) is 6.55. The largest absolute Gasteiger partial charge is 0.497 e. The molecular formula is C15H17N3O3. The number of primary amides is 1. The minimum absolute atomic E-state index is 0.162. The van der Waals surface area contributed by atoms with E-state index in [-0.39, 0.29) is 11.1 Å². The maximum atomic E-state index is 12.1. The van der Waals surface area contributed by atoms with Crippen molar-refractivity contribution in [1.82, 2.24) is 9.78 Å². The molecule has 0 aliphatic rings. The van der Waals surface area contributed by atoms with Crippen molar-refractivity contribution >= 4 is 5.91 Å². The first kappa shape index (κ1) is 14.8. The van der Waals surface area contributed by atoms with E-state index in [1.54, 1.807) is 38.3 Å². The highest BCUT2D eigenvalue weighted by atomic mass is 16.5. The summed E-state index contributed by atoms with van der Waals surface area (Å²) in [7, 11) is 1.57. The lowest BCUT2D eigenvalue weighted by molar-refractivity contribution is 0.0999. The normalized spacial score (nSPS) is 10.4. The van der Waals surface area contributed by atoms with E-state index in [4.69, 9.17) is 10.5 Å². The fourth-order valence-electron chi connectivity index (χ4n) is 2.16. The summed E-state index contributed by atoms with van der Waals surface area (Å²) < 4.78 is 6.42. The molecule has 21 heavy (non-hydrogen) atoms. The standard InChI is InChI=1S/C15H17N3O3/c1-4-18-15(20)9(2)12(14(16)19)13(17-18)10-5-7-11(21-3)8-6-10/h5-8H,4H2,1-3H3,(H2,16,19). The molecule has 0 saturated heterocycles. The average molecular weight is 287 g/mol. The van der Waals surface area contributed by atoms with Gasteiger partial charge in [0, 0.05) is 17.7 Å². The van der Waals surface area contributed by atoms with E-state index in [9.17, 15) is 9.59 Å². The Morgan fingerprint density at radius 3 is 2.43 bits per heavy atom. The van der Waals surface area contributed by atoms with Crippen molar-refractivity contribution in [1.29, 1.82) is 0 Å². The van der Waals surface area contributed by atoms with Gasteiger partial charge in [-0.25, -0.2) is 4.68 Å². The first-order chi connectivity index (χ1) is 9.99. The number of aromatic nitrogens is 2. The van der Waals surface area contributed by atoms with Crippen LogP contribution in [0.3, 0.4) is 0 Å². The molecule has 1 aromatic carbocycles. The molecule has 0 aliphatic carbocycles. The van der Waals surface area contributed by atoms with Gasteiger partial charge in [0.2, 0.25) is 0 Å². The molecule has 0 aliphatic heterocycles. The zero-order valence-electron chi connectivity index (χ0n) is 12.2. The molecule has 2 rings (SSSR count). The molecule has 0 fully saturated rings. The van der Waals surface area contributed by atoms with Gasteiger partial charge in [-0.3, -0.25) is 9.59 Å². The van der Waals surface area contributed by atoms with Crippen LogP contribution >= 0.6 is 0 Å². The van der Waals surface area contributed by atoms with Crippen molar-refractivity contribution in [2.75, 3.05) is 7.11 Å². The molecule has 6 heteroatoms. The number of rotatable bonds is 4. The molecule has 0 radical (unpaired) electrons. The van der Waals surface area contributed by atoms with Crippen LogP contribution in [0.4, 0.5) is 0 Å². The van der Waals surface area contributed by atoms with Gasteiger partial charge >= 0.3 is 0 Å². The maximum Gasteiger partial charge on any atom is 0.270 e. The van der Waals surface area contributed by atoms with Crippen molar-refractivity contribution in [3.05, 3.63) is 45.7 Å². The highest BCUT2D eigenvalue weighted by Crippen LogP contribution is 2.24. The van der Waals surface area contributed by atoms with Gasteiger partial charge in [-0.05, 0) is 38.1 Å². The van der Waals surface area contributed by atoms with Crippen LogP contribution in [-0.4, -0.2) is 22.8 Å². The second-order valence-electron chi connectivity index (χ2n) is 4.56. The third kappa shape index (κ3) is 2.65. The zero-order valence-corrected chi connectivity index (χ0v) is 12.2. The van der Waals surface area contributed by atoms with Crippen molar-refractivity contribution < 1.29 is 9.53 Å². The fourth-order valence-corrected chi connectivity index (χ4v) is 2.16. The maximum absolute atomic E-state index is 12.1. The first-order valence-electron chi connectivity index (χ1n) is 6.55. The second-order valence-corrected chi connectivity index (χ2v) is 4.56. The van der Waals surface area contributed by atoms with E-state index in [0.717, 1.165) is 0 Å². The molecule has 0 spiro atoms. The van der Waals surface area contributed by atoms with Gasteiger partial charge < -0.3 is 10.5 Å². The fraction of sp³-hybridized carbons (Fsp3) is 0.267. The monoisotopic (exact) mass is 287 g/mol. The number of methoxy groups -OCH3 is 1. The molecule has 0 atom stereocenters. The van der Waals surface area contributed by atoms with Crippen molar-refractivity contribution in [3.63, 3.8) is 0 Å². The van der Waals surface area contributed by atoms with Gasteiger partial charge in [-0.1, -0.05) is 0 Å². The number of benzene rings is 1. The molecule has 2 N–H and O–H groups in total. The van der Waals surface area contributed by atoms with Gasteiger partial charge in [0.1, 0.15) is 11.4 Å². The lowest BCUT2D eigenvalue weighted by Gasteiger charge is -2.12. The summed E-state index contributed by atoms with van der Waals surface area (Å²) >= 11 is 0. The molecular weight excluding hydrogens is 270 g/mol. The van der Waals surface area contributed by atoms with Crippen molar-refractivity contribution in [2.24, 2.45) is 5.73 Å². The molecule has 1 aromatic heterocycles. The van der Waals surface area contributed by atoms with Crippen LogP contribution < -0.4 is 16.0 Å². The Bertz CT molecular complexity index is 733. The molecule has 110 valence electrons. The molecule has 6 nitrogen and oxygen atoms in total. The third-order valence-corrected chi connectivity index (χ3v) is 3.30. The number of carbonyl (C=O) groups is 1. The van der Waals surface area contributed by atoms with Crippen LogP contribution in [0.25, 0.3) is 11.3 Å².